The zero-order chi connectivity index (χ0) is 11.4. The standard InChI is InChI=1S/C12H19FN2/c1-4-15(3)12(8-14)10-5-6-11(13)9(2)7-10/h5-7,12H,4,8,14H2,1-3H3. The van der Waals surface area contributed by atoms with Gasteiger partial charge in [-0.1, -0.05) is 19.1 Å². The fraction of sp³-hybridized carbons (Fsp3) is 0.500. The Morgan fingerprint density at radius 3 is 2.60 bits per heavy atom. The molecule has 2 nitrogen and oxygen atoms in total. The molecule has 3 heteroatoms. The second-order valence-corrected chi connectivity index (χ2v) is 3.83. The van der Waals surface area contributed by atoms with E-state index >= 15 is 0 Å². The second kappa shape index (κ2) is 5.24. The summed E-state index contributed by atoms with van der Waals surface area (Å²) < 4.78 is 13.1. The van der Waals surface area contributed by atoms with Gasteiger partial charge in [-0.15, -0.1) is 0 Å². The molecule has 0 spiro atoms. The number of nitrogens with two attached hydrogens (primary N) is 1. The molecule has 1 unspecified atom stereocenters. The molecule has 0 saturated heterocycles. The Hall–Kier alpha value is -0.930. The average molecular weight is 210 g/mol. The van der Waals surface area contributed by atoms with Gasteiger partial charge in [0.25, 0.3) is 0 Å². The van der Waals surface area contributed by atoms with Crippen LogP contribution in [0.3, 0.4) is 0 Å². The first kappa shape index (κ1) is 12.1. The Balaban J connectivity index is 2.97. The summed E-state index contributed by atoms with van der Waals surface area (Å²) in [7, 11) is 2.02. The summed E-state index contributed by atoms with van der Waals surface area (Å²) in [5, 5.41) is 0. The molecule has 84 valence electrons. The largest absolute Gasteiger partial charge is 0.329 e. The predicted octanol–water partition coefficient (Wildman–Crippen LogP) is 2.09. The lowest BCUT2D eigenvalue weighted by molar-refractivity contribution is 0.263. The van der Waals surface area contributed by atoms with Crippen LogP contribution in [0.4, 0.5) is 4.39 Å². The van der Waals surface area contributed by atoms with Crippen LogP contribution in [0, 0.1) is 12.7 Å². The van der Waals surface area contributed by atoms with E-state index in [1.54, 1.807) is 6.92 Å². The Bertz CT molecular complexity index is 325. The van der Waals surface area contributed by atoms with E-state index < -0.39 is 0 Å². The summed E-state index contributed by atoms with van der Waals surface area (Å²) in [6.45, 7) is 5.34. The maximum atomic E-state index is 13.1. The molecule has 0 aliphatic carbocycles. The van der Waals surface area contributed by atoms with Crippen molar-refractivity contribution >= 4 is 0 Å². The summed E-state index contributed by atoms with van der Waals surface area (Å²) in [6.07, 6.45) is 0. The van der Waals surface area contributed by atoms with E-state index in [9.17, 15) is 4.39 Å². The normalized spacial score (nSPS) is 13.2. The minimum absolute atomic E-state index is 0.159. The molecule has 15 heavy (non-hydrogen) atoms. The molecule has 0 radical (unpaired) electrons. The third-order valence-electron chi connectivity index (χ3n) is 2.82. The van der Waals surface area contributed by atoms with Crippen molar-refractivity contribution in [3.05, 3.63) is 35.1 Å². The molecule has 0 saturated carbocycles. The van der Waals surface area contributed by atoms with Crippen molar-refractivity contribution in [1.82, 2.24) is 4.90 Å². The van der Waals surface area contributed by atoms with Crippen LogP contribution in [0.1, 0.15) is 24.1 Å². The molecule has 0 heterocycles. The van der Waals surface area contributed by atoms with Crippen molar-refractivity contribution in [3.63, 3.8) is 0 Å². The highest BCUT2D eigenvalue weighted by Gasteiger charge is 2.14. The van der Waals surface area contributed by atoms with Crippen LogP contribution in [0.5, 0.6) is 0 Å². The fourth-order valence-electron chi connectivity index (χ4n) is 1.67. The zero-order valence-electron chi connectivity index (χ0n) is 9.63. The Labute approximate surface area is 90.9 Å². The lowest BCUT2D eigenvalue weighted by atomic mass is 10.0. The van der Waals surface area contributed by atoms with Crippen LogP contribution >= 0.6 is 0 Å². The highest BCUT2D eigenvalue weighted by atomic mass is 19.1. The van der Waals surface area contributed by atoms with Gasteiger partial charge in [-0.25, -0.2) is 4.39 Å². The maximum Gasteiger partial charge on any atom is 0.126 e. The third kappa shape index (κ3) is 2.76. The van der Waals surface area contributed by atoms with Crippen LogP contribution in [0.25, 0.3) is 0 Å². The van der Waals surface area contributed by atoms with Gasteiger partial charge >= 0.3 is 0 Å². The molecule has 0 amide bonds. The first-order valence-electron chi connectivity index (χ1n) is 5.26. The lowest BCUT2D eigenvalue weighted by Gasteiger charge is -2.26. The molecule has 1 aromatic carbocycles. The van der Waals surface area contributed by atoms with Gasteiger partial charge in [-0.2, -0.15) is 0 Å². The SMILES string of the molecule is CCN(C)C(CN)c1ccc(F)c(C)c1. The van der Waals surface area contributed by atoms with Crippen LogP contribution in [-0.4, -0.2) is 25.0 Å². The van der Waals surface area contributed by atoms with Crippen molar-refractivity contribution in [2.24, 2.45) is 5.73 Å². The third-order valence-corrected chi connectivity index (χ3v) is 2.82. The van der Waals surface area contributed by atoms with Gasteiger partial charge in [-0.3, -0.25) is 4.90 Å². The minimum atomic E-state index is -0.159. The van der Waals surface area contributed by atoms with Gasteiger partial charge in [0.1, 0.15) is 5.82 Å². The Kier molecular flexibility index (Phi) is 4.24. The minimum Gasteiger partial charge on any atom is -0.329 e. The van der Waals surface area contributed by atoms with E-state index in [-0.39, 0.29) is 11.9 Å². The molecular formula is C12H19FN2. The Morgan fingerprint density at radius 1 is 1.47 bits per heavy atom. The first-order chi connectivity index (χ1) is 7.10. The maximum absolute atomic E-state index is 13.1. The fourth-order valence-corrected chi connectivity index (χ4v) is 1.67. The number of likely N-dealkylation sites (N-methyl/N-ethyl adjacent to an activating group) is 1. The topological polar surface area (TPSA) is 29.3 Å². The van der Waals surface area contributed by atoms with Gasteiger partial charge in [0.05, 0.1) is 0 Å². The van der Waals surface area contributed by atoms with Crippen LogP contribution < -0.4 is 5.73 Å². The van der Waals surface area contributed by atoms with Crippen molar-refractivity contribution in [2.45, 2.75) is 19.9 Å². The first-order valence-corrected chi connectivity index (χ1v) is 5.26. The number of aryl methyl sites for hydroxylation is 1. The summed E-state index contributed by atoms with van der Waals surface area (Å²) >= 11 is 0. The van der Waals surface area contributed by atoms with Gasteiger partial charge in [0, 0.05) is 12.6 Å². The highest BCUT2D eigenvalue weighted by molar-refractivity contribution is 5.26. The molecule has 2 N–H and O–H groups in total. The van der Waals surface area contributed by atoms with Crippen LogP contribution in [-0.2, 0) is 0 Å². The van der Waals surface area contributed by atoms with Gasteiger partial charge < -0.3 is 5.73 Å². The summed E-state index contributed by atoms with van der Waals surface area (Å²) in [4.78, 5) is 2.16. The van der Waals surface area contributed by atoms with E-state index in [4.69, 9.17) is 5.73 Å². The van der Waals surface area contributed by atoms with Crippen LogP contribution in [0.2, 0.25) is 0 Å². The Morgan fingerprint density at radius 2 is 2.13 bits per heavy atom. The number of hydrogen-bond donors (Lipinski definition) is 1. The zero-order valence-corrected chi connectivity index (χ0v) is 9.63. The van der Waals surface area contributed by atoms with Gasteiger partial charge in [-0.05, 0) is 37.7 Å². The monoisotopic (exact) mass is 210 g/mol. The van der Waals surface area contributed by atoms with E-state index in [0.717, 1.165) is 12.1 Å². The number of hydrogen-bond acceptors (Lipinski definition) is 2. The smallest absolute Gasteiger partial charge is 0.126 e. The summed E-state index contributed by atoms with van der Waals surface area (Å²) in [5.74, 6) is -0.159. The van der Waals surface area contributed by atoms with Crippen LogP contribution in [0.15, 0.2) is 18.2 Å². The molecule has 0 aliphatic rings. The number of benzene rings is 1. The van der Waals surface area contributed by atoms with Gasteiger partial charge in [0.15, 0.2) is 0 Å². The molecule has 1 rings (SSSR count). The molecular weight excluding hydrogens is 191 g/mol. The average Bonchev–Trinajstić information content (AvgIpc) is 2.24. The summed E-state index contributed by atoms with van der Waals surface area (Å²) in [5.41, 5.74) is 7.49. The number of nitrogens with zero attached hydrogens (tertiary/aromatic N) is 1. The highest BCUT2D eigenvalue weighted by Crippen LogP contribution is 2.20. The van der Waals surface area contributed by atoms with Crippen molar-refractivity contribution in [3.8, 4) is 0 Å². The predicted molar refractivity (Wildman–Crippen MR) is 61.2 cm³/mol. The summed E-state index contributed by atoms with van der Waals surface area (Å²) in [6, 6.07) is 5.37. The van der Waals surface area contributed by atoms with Crippen molar-refractivity contribution in [1.29, 1.82) is 0 Å². The second-order valence-electron chi connectivity index (χ2n) is 3.83. The van der Waals surface area contributed by atoms with E-state index in [1.807, 2.05) is 19.2 Å². The molecule has 0 aromatic heterocycles. The molecule has 0 aliphatic heterocycles. The molecule has 1 aromatic rings. The van der Waals surface area contributed by atoms with Crippen molar-refractivity contribution in [2.75, 3.05) is 20.1 Å². The van der Waals surface area contributed by atoms with E-state index in [2.05, 4.69) is 11.8 Å². The number of rotatable bonds is 4. The molecule has 1 atom stereocenters. The molecule has 0 bridgehead atoms. The van der Waals surface area contributed by atoms with E-state index in [1.165, 1.54) is 6.07 Å². The quantitative estimate of drug-likeness (QED) is 0.824. The number of halogens is 1. The van der Waals surface area contributed by atoms with E-state index in [0.29, 0.717) is 12.1 Å². The molecule has 0 fully saturated rings. The van der Waals surface area contributed by atoms with Gasteiger partial charge in [0.2, 0.25) is 0 Å². The van der Waals surface area contributed by atoms with Crippen molar-refractivity contribution < 1.29 is 4.39 Å². The lowest BCUT2D eigenvalue weighted by Crippen LogP contribution is -2.30.